The van der Waals surface area contributed by atoms with Crippen LogP contribution in [0.4, 0.5) is 13.2 Å². The Hall–Kier alpha value is -1.89. The highest BCUT2D eigenvalue weighted by Crippen LogP contribution is 2.21. The van der Waals surface area contributed by atoms with E-state index in [2.05, 4.69) is 4.98 Å². The van der Waals surface area contributed by atoms with Crippen molar-refractivity contribution in [2.45, 2.75) is 19.1 Å². The number of imidazole rings is 1. The summed E-state index contributed by atoms with van der Waals surface area (Å²) in [7, 11) is 0. The first kappa shape index (κ1) is 14.5. The molecule has 1 heterocycles. The lowest BCUT2D eigenvalue weighted by Gasteiger charge is -2.12. The van der Waals surface area contributed by atoms with Gasteiger partial charge >= 0.3 is 6.18 Å². The zero-order valence-corrected chi connectivity index (χ0v) is 11.2. The zero-order valence-electron chi connectivity index (χ0n) is 10.4. The molecule has 7 heteroatoms. The van der Waals surface area contributed by atoms with Gasteiger partial charge in [-0.05, 0) is 5.56 Å². The Kier molecular flexibility index (Phi) is 4.08. The first-order chi connectivity index (χ1) is 9.37. The third kappa shape index (κ3) is 3.57. The first-order valence-corrected chi connectivity index (χ1v) is 6.22. The Morgan fingerprint density at radius 1 is 1.30 bits per heavy atom. The van der Waals surface area contributed by atoms with Gasteiger partial charge in [-0.3, -0.25) is 0 Å². The molecule has 106 valence electrons. The normalized spacial score (nSPS) is 11.6. The van der Waals surface area contributed by atoms with Crippen LogP contribution in [0.5, 0.6) is 0 Å². The number of benzene rings is 1. The lowest BCUT2D eigenvalue weighted by atomic mass is 10.1. The average Bonchev–Trinajstić information content (AvgIpc) is 2.74. The summed E-state index contributed by atoms with van der Waals surface area (Å²) >= 11 is 4.94. The van der Waals surface area contributed by atoms with Crippen LogP contribution in [0.15, 0.2) is 36.7 Å². The quantitative estimate of drug-likeness (QED) is 0.883. The molecule has 2 rings (SSSR count). The van der Waals surface area contributed by atoms with Crippen molar-refractivity contribution >= 4 is 17.2 Å². The van der Waals surface area contributed by atoms with Crippen LogP contribution >= 0.6 is 12.2 Å². The summed E-state index contributed by atoms with van der Waals surface area (Å²) in [5.74, 6) is -0.0322. The maximum Gasteiger partial charge on any atom is 0.396 e. The Bertz CT molecular complexity index is 619. The van der Waals surface area contributed by atoms with Gasteiger partial charge in [-0.15, -0.1) is 0 Å². The van der Waals surface area contributed by atoms with Crippen LogP contribution in [0.2, 0.25) is 0 Å². The van der Waals surface area contributed by atoms with Gasteiger partial charge in [0.15, 0.2) is 0 Å². The molecule has 0 saturated heterocycles. The molecule has 0 amide bonds. The SMILES string of the molecule is NC(=S)c1ccccc1Cn1ccnc1CC(F)(F)F. The van der Waals surface area contributed by atoms with Gasteiger partial charge in [0.05, 0.1) is 0 Å². The molecular weight excluding hydrogens is 287 g/mol. The number of halogens is 3. The first-order valence-electron chi connectivity index (χ1n) is 5.81. The fraction of sp³-hybridized carbons (Fsp3) is 0.231. The highest BCUT2D eigenvalue weighted by molar-refractivity contribution is 7.80. The Balaban J connectivity index is 2.28. The predicted molar refractivity (Wildman–Crippen MR) is 73.4 cm³/mol. The molecule has 1 aromatic carbocycles. The molecule has 2 aromatic rings. The smallest absolute Gasteiger partial charge is 0.389 e. The van der Waals surface area contributed by atoms with Crippen molar-refractivity contribution < 1.29 is 13.2 Å². The van der Waals surface area contributed by atoms with Gasteiger partial charge in [0.1, 0.15) is 17.2 Å². The third-order valence-electron chi connectivity index (χ3n) is 2.78. The number of nitrogens with two attached hydrogens (primary N) is 1. The van der Waals surface area contributed by atoms with Crippen LogP contribution in [0, 0.1) is 0 Å². The molecule has 1 aromatic heterocycles. The number of nitrogens with zero attached hydrogens (tertiary/aromatic N) is 2. The van der Waals surface area contributed by atoms with Gasteiger partial charge in [-0.1, -0.05) is 36.5 Å². The largest absolute Gasteiger partial charge is 0.396 e. The van der Waals surface area contributed by atoms with Crippen molar-refractivity contribution in [2.75, 3.05) is 0 Å². The van der Waals surface area contributed by atoms with Crippen molar-refractivity contribution in [1.29, 1.82) is 0 Å². The van der Waals surface area contributed by atoms with E-state index in [1.54, 1.807) is 24.3 Å². The maximum absolute atomic E-state index is 12.5. The van der Waals surface area contributed by atoms with Crippen molar-refractivity contribution in [2.24, 2.45) is 5.73 Å². The maximum atomic E-state index is 12.5. The Labute approximate surface area is 119 Å². The summed E-state index contributed by atoms with van der Waals surface area (Å²) < 4.78 is 38.8. The standard InChI is InChI=1S/C13H12F3N3S/c14-13(15,16)7-11-18-5-6-19(11)8-9-3-1-2-4-10(9)12(17)20/h1-6H,7-8H2,(H2,17,20). The molecule has 0 fully saturated rings. The summed E-state index contributed by atoms with van der Waals surface area (Å²) in [6, 6.07) is 7.10. The van der Waals surface area contributed by atoms with E-state index in [4.69, 9.17) is 18.0 Å². The molecule has 0 spiro atoms. The summed E-state index contributed by atoms with van der Waals surface area (Å²) in [6.07, 6.45) is -2.48. The lowest BCUT2D eigenvalue weighted by Crippen LogP contribution is -2.18. The number of rotatable bonds is 4. The van der Waals surface area contributed by atoms with Crippen LogP contribution < -0.4 is 5.73 Å². The molecule has 0 atom stereocenters. The van der Waals surface area contributed by atoms with Crippen LogP contribution in [-0.2, 0) is 13.0 Å². The average molecular weight is 299 g/mol. The number of hydrogen-bond donors (Lipinski definition) is 1. The van der Waals surface area contributed by atoms with Crippen molar-refractivity contribution in [3.8, 4) is 0 Å². The van der Waals surface area contributed by atoms with E-state index in [-0.39, 0.29) is 17.4 Å². The minimum Gasteiger partial charge on any atom is -0.389 e. The minimum absolute atomic E-state index is 0.0322. The van der Waals surface area contributed by atoms with Gasteiger partial charge in [0, 0.05) is 24.5 Å². The van der Waals surface area contributed by atoms with Crippen molar-refractivity contribution in [3.05, 3.63) is 53.6 Å². The van der Waals surface area contributed by atoms with Gasteiger partial charge < -0.3 is 10.3 Å². The molecule has 0 aliphatic carbocycles. The second-order valence-electron chi connectivity index (χ2n) is 4.28. The monoisotopic (exact) mass is 299 g/mol. The zero-order chi connectivity index (χ0) is 14.8. The number of aromatic nitrogens is 2. The van der Waals surface area contributed by atoms with Crippen LogP contribution in [0.25, 0.3) is 0 Å². The van der Waals surface area contributed by atoms with Crippen LogP contribution in [-0.4, -0.2) is 20.7 Å². The predicted octanol–water partition coefficient (Wildman–Crippen LogP) is 2.67. The van der Waals surface area contributed by atoms with Crippen molar-refractivity contribution in [3.63, 3.8) is 0 Å². The molecule has 0 saturated carbocycles. The Morgan fingerprint density at radius 3 is 2.65 bits per heavy atom. The fourth-order valence-corrected chi connectivity index (χ4v) is 2.11. The molecule has 0 radical (unpaired) electrons. The van der Waals surface area contributed by atoms with E-state index in [1.165, 1.54) is 17.0 Å². The van der Waals surface area contributed by atoms with E-state index in [9.17, 15) is 13.2 Å². The molecule has 0 aliphatic heterocycles. The van der Waals surface area contributed by atoms with Gasteiger partial charge in [-0.2, -0.15) is 13.2 Å². The fourth-order valence-electron chi connectivity index (χ4n) is 1.91. The molecular formula is C13H12F3N3S. The van der Waals surface area contributed by atoms with Gasteiger partial charge in [-0.25, -0.2) is 4.98 Å². The van der Waals surface area contributed by atoms with E-state index in [0.717, 1.165) is 5.56 Å². The van der Waals surface area contributed by atoms with E-state index in [0.29, 0.717) is 5.56 Å². The molecule has 0 unspecified atom stereocenters. The Morgan fingerprint density at radius 2 is 2.00 bits per heavy atom. The molecule has 0 aliphatic rings. The topological polar surface area (TPSA) is 43.8 Å². The molecule has 0 bridgehead atoms. The second-order valence-corrected chi connectivity index (χ2v) is 4.72. The minimum atomic E-state index is -4.29. The molecule has 20 heavy (non-hydrogen) atoms. The summed E-state index contributed by atoms with van der Waals surface area (Å²) in [4.78, 5) is 3.97. The van der Waals surface area contributed by atoms with E-state index >= 15 is 0 Å². The number of thiocarbonyl (C=S) groups is 1. The molecule has 2 N–H and O–H groups in total. The molecule has 3 nitrogen and oxygen atoms in total. The summed E-state index contributed by atoms with van der Waals surface area (Å²) in [5.41, 5.74) is 7.04. The second kappa shape index (κ2) is 5.62. The van der Waals surface area contributed by atoms with Crippen LogP contribution in [0.3, 0.4) is 0 Å². The van der Waals surface area contributed by atoms with Gasteiger partial charge in [0.25, 0.3) is 0 Å². The lowest BCUT2D eigenvalue weighted by molar-refractivity contribution is -0.128. The van der Waals surface area contributed by atoms with Gasteiger partial charge in [0.2, 0.25) is 0 Å². The highest BCUT2D eigenvalue weighted by Gasteiger charge is 2.30. The number of hydrogen-bond acceptors (Lipinski definition) is 2. The summed E-state index contributed by atoms with van der Waals surface area (Å²) in [6.45, 7) is 0.249. The van der Waals surface area contributed by atoms with Crippen molar-refractivity contribution in [1.82, 2.24) is 9.55 Å². The van der Waals surface area contributed by atoms with E-state index < -0.39 is 12.6 Å². The third-order valence-corrected chi connectivity index (χ3v) is 3.00. The van der Waals surface area contributed by atoms with E-state index in [1.807, 2.05) is 0 Å². The van der Waals surface area contributed by atoms with Crippen LogP contribution in [0.1, 0.15) is 17.0 Å². The summed E-state index contributed by atoms with van der Waals surface area (Å²) in [5, 5.41) is 0. The highest BCUT2D eigenvalue weighted by atomic mass is 32.1. The number of alkyl halides is 3.